The number of aromatic nitrogens is 3. The lowest BCUT2D eigenvalue weighted by molar-refractivity contribution is 0.0717. The molecule has 4 heterocycles. The first-order valence-electron chi connectivity index (χ1n) is 9.53. The summed E-state index contributed by atoms with van der Waals surface area (Å²) >= 11 is 3.24. The lowest BCUT2D eigenvalue weighted by atomic mass is 9.97. The highest BCUT2D eigenvalue weighted by atomic mass is 32.1. The molecule has 3 aromatic heterocycles. The van der Waals surface area contributed by atoms with Crippen molar-refractivity contribution in [1.82, 2.24) is 19.9 Å². The zero-order chi connectivity index (χ0) is 19.7. The van der Waals surface area contributed by atoms with Crippen LogP contribution in [0.4, 0.5) is 0 Å². The number of rotatable bonds is 3. The van der Waals surface area contributed by atoms with Gasteiger partial charge in [0, 0.05) is 47.8 Å². The molecule has 0 saturated carbocycles. The van der Waals surface area contributed by atoms with Crippen LogP contribution in [0.5, 0.6) is 0 Å². The third kappa shape index (κ3) is 4.00. The number of pyridine rings is 1. The maximum Gasteiger partial charge on any atom is 0.265 e. The number of thiazole rings is 2. The minimum atomic E-state index is -0.0203. The minimum Gasteiger partial charge on any atom is -0.338 e. The van der Waals surface area contributed by atoms with Gasteiger partial charge in [-0.2, -0.15) is 0 Å². The van der Waals surface area contributed by atoms with Crippen molar-refractivity contribution in [3.63, 3.8) is 0 Å². The van der Waals surface area contributed by atoms with Crippen LogP contribution in [0.3, 0.4) is 0 Å². The Morgan fingerprint density at radius 3 is 2.54 bits per heavy atom. The van der Waals surface area contributed by atoms with Gasteiger partial charge in [0.25, 0.3) is 5.91 Å². The van der Waals surface area contributed by atoms with Crippen molar-refractivity contribution in [3.05, 3.63) is 51.0 Å². The third-order valence-electron chi connectivity index (χ3n) is 4.99. The average Bonchev–Trinajstić information content (AvgIpc) is 3.38. The molecule has 0 bridgehead atoms. The van der Waals surface area contributed by atoms with E-state index >= 15 is 0 Å². The fourth-order valence-corrected chi connectivity index (χ4v) is 5.28. The molecule has 0 spiro atoms. The monoisotopic (exact) mass is 412 g/mol. The maximum absolute atomic E-state index is 12.8. The Balaban J connectivity index is 1.39. The molecule has 0 atom stereocenters. The Hall–Kier alpha value is -2.12. The molecule has 1 aliphatic rings. The van der Waals surface area contributed by atoms with E-state index in [1.54, 1.807) is 29.9 Å². The summed E-state index contributed by atoms with van der Waals surface area (Å²) in [5.41, 5.74) is 2.10. The molecule has 1 saturated heterocycles. The normalized spacial score (nSPS) is 15.8. The largest absolute Gasteiger partial charge is 0.338 e. The number of carbonyl (C=O) groups is 1. The molecule has 5 nitrogen and oxygen atoms in total. The Labute approximate surface area is 173 Å². The van der Waals surface area contributed by atoms with Crippen LogP contribution in [0.25, 0.3) is 11.3 Å². The van der Waals surface area contributed by atoms with Crippen molar-refractivity contribution in [1.29, 1.82) is 0 Å². The van der Waals surface area contributed by atoms with E-state index in [1.807, 2.05) is 17.0 Å². The molecule has 1 fully saturated rings. The number of carbonyl (C=O) groups excluding carboxylic acids is 1. The predicted molar refractivity (Wildman–Crippen MR) is 114 cm³/mol. The summed E-state index contributed by atoms with van der Waals surface area (Å²) in [7, 11) is 0. The SMILES string of the molecule is CC(C)(C)c1ncc(C(=O)N2CCC(c3nc(-c4ccncc4)cs3)CC2)s1. The van der Waals surface area contributed by atoms with E-state index in [4.69, 9.17) is 4.98 Å². The fraction of sp³-hybridized carbons (Fsp3) is 0.429. The van der Waals surface area contributed by atoms with Crippen LogP contribution in [0.2, 0.25) is 0 Å². The Kier molecular flexibility index (Phi) is 5.29. The molecule has 7 heteroatoms. The van der Waals surface area contributed by atoms with E-state index in [0.29, 0.717) is 5.92 Å². The molecule has 0 N–H and O–H groups in total. The van der Waals surface area contributed by atoms with Crippen LogP contribution in [0.15, 0.2) is 36.1 Å². The smallest absolute Gasteiger partial charge is 0.265 e. The second-order valence-electron chi connectivity index (χ2n) is 8.15. The molecule has 3 aromatic rings. The first kappa shape index (κ1) is 19.2. The zero-order valence-corrected chi connectivity index (χ0v) is 18.0. The van der Waals surface area contributed by atoms with Gasteiger partial charge in [-0.3, -0.25) is 9.78 Å². The first-order chi connectivity index (χ1) is 13.4. The van der Waals surface area contributed by atoms with Crippen molar-refractivity contribution >= 4 is 28.6 Å². The number of nitrogens with zero attached hydrogens (tertiary/aromatic N) is 4. The molecule has 28 heavy (non-hydrogen) atoms. The molecule has 0 aromatic carbocycles. The predicted octanol–water partition coefficient (Wildman–Crippen LogP) is 4.98. The van der Waals surface area contributed by atoms with Gasteiger partial charge in [-0.15, -0.1) is 22.7 Å². The van der Waals surface area contributed by atoms with Crippen LogP contribution < -0.4 is 0 Å². The summed E-state index contributed by atoms with van der Waals surface area (Å²) in [6.07, 6.45) is 7.24. The number of likely N-dealkylation sites (tertiary alicyclic amines) is 1. The van der Waals surface area contributed by atoms with Crippen molar-refractivity contribution in [3.8, 4) is 11.3 Å². The van der Waals surface area contributed by atoms with Gasteiger partial charge in [0.2, 0.25) is 0 Å². The second kappa shape index (κ2) is 7.72. The highest BCUT2D eigenvalue weighted by Crippen LogP contribution is 2.34. The lowest BCUT2D eigenvalue weighted by Gasteiger charge is -2.30. The summed E-state index contributed by atoms with van der Waals surface area (Å²) in [4.78, 5) is 28.9. The zero-order valence-electron chi connectivity index (χ0n) is 16.4. The van der Waals surface area contributed by atoms with Gasteiger partial charge in [0.15, 0.2) is 0 Å². The van der Waals surface area contributed by atoms with Crippen molar-refractivity contribution in [2.45, 2.75) is 44.9 Å². The topological polar surface area (TPSA) is 59.0 Å². The fourth-order valence-electron chi connectivity index (χ4n) is 3.34. The summed E-state index contributed by atoms with van der Waals surface area (Å²) in [5.74, 6) is 0.541. The van der Waals surface area contributed by atoms with Crippen LogP contribution in [-0.4, -0.2) is 38.8 Å². The Morgan fingerprint density at radius 1 is 1.18 bits per heavy atom. The number of amides is 1. The number of piperidine rings is 1. The van der Waals surface area contributed by atoms with Crippen LogP contribution in [-0.2, 0) is 5.41 Å². The van der Waals surface area contributed by atoms with Gasteiger partial charge < -0.3 is 4.90 Å². The number of hydrogen-bond donors (Lipinski definition) is 0. The van der Waals surface area contributed by atoms with Gasteiger partial charge in [-0.05, 0) is 25.0 Å². The van der Waals surface area contributed by atoms with Crippen molar-refractivity contribution < 1.29 is 4.79 Å². The van der Waals surface area contributed by atoms with E-state index in [9.17, 15) is 4.79 Å². The highest BCUT2D eigenvalue weighted by Gasteiger charge is 2.28. The van der Waals surface area contributed by atoms with Crippen molar-refractivity contribution in [2.75, 3.05) is 13.1 Å². The van der Waals surface area contributed by atoms with Gasteiger partial charge in [0.05, 0.1) is 21.9 Å². The summed E-state index contributed by atoms with van der Waals surface area (Å²) in [6.45, 7) is 7.92. The van der Waals surface area contributed by atoms with Gasteiger partial charge in [0.1, 0.15) is 4.88 Å². The maximum atomic E-state index is 12.8. The van der Waals surface area contributed by atoms with Gasteiger partial charge >= 0.3 is 0 Å². The van der Waals surface area contributed by atoms with E-state index in [1.165, 1.54) is 16.3 Å². The molecule has 0 aliphatic carbocycles. The molecular formula is C21H24N4OS2. The molecule has 1 aliphatic heterocycles. The van der Waals surface area contributed by atoms with E-state index in [-0.39, 0.29) is 11.3 Å². The third-order valence-corrected chi connectivity index (χ3v) is 7.41. The van der Waals surface area contributed by atoms with Crippen LogP contribution in [0, 0.1) is 0 Å². The molecule has 1 amide bonds. The van der Waals surface area contributed by atoms with Crippen molar-refractivity contribution in [2.24, 2.45) is 0 Å². The average molecular weight is 413 g/mol. The lowest BCUT2D eigenvalue weighted by Crippen LogP contribution is -2.37. The standard InChI is InChI=1S/C21H24N4OS2/c1-21(2,3)20-23-12-17(28-20)19(26)25-10-6-15(7-11-25)18-24-16(13-27-18)14-4-8-22-9-5-14/h4-5,8-9,12-13,15H,6-7,10-11H2,1-3H3. The van der Waals surface area contributed by atoms with Crippen LogP contribution >= 0.6 is 22.7 Å². The van der Waals surface area contributed by atoms with E-state index in [2.05, 4.69) is 36.1 Å². The molecule has 146 valence electrons. The Bertz CT molecular complexity index is 950. The molecule has 0 unspecified atom stereocenters. The second-order valence-corrected chi connectivity index (χ2v) is 10.1. The van der Waals surface area contributed by atoms with Crippen LogP contribution in [0.1, 0.15) is 59.2 Å². The molecular weight excluding hydrogens is 388 g/mol. The van der Waals surface area contributed by atoms with Gasteiger partial charge in [-0.1, -0.05) is 20.8 Å². The van der Waals surface area contributed by atoms with E-state index < -0.39 is 0 Å². The number of hydrogen-bond acceptors (Lipinski definition) is 6. The quantitative estimate of drug-likeness (QED) is 0.609. The minimum absolute atomic E-state index is 0.0203. The van der Waals surface area contributed by atoms with E-state index in [0.717, 1.165) is 47.1 Å². The molecule has 0 radical (unpaired) electrons. The first-order valence-corrected chi connectivity index (χ1v) is 11.2. The summed E-state index contributed by atoms with van der Waals surface area (Å²) in [6, 6.07) is 3.97. The molecule has 4 rings (SSSR count). The Morgan fingerprint density at radius 2 is 1.89 bits per heavy atom. The van der Waals surface area contributed by atoms with Gasteiger partial charge in [-0.25, -0.2) is 9.97 Å². The summed E-state index contributed by atoms with van der Waals surface area (Å²) in [5, 5.41) is 4.30. The summed E-state index contributed by atoms with van der Waals surface area (Å²) < 4.78 is 0. The highest BCUT2D eigenvalue weighted by molar-refractivity contribution is 7.13.